The van der Waals surface area contributed by atoms with Crippen molar-refractivity contribution in [3.05, 3.63) is 29.2 Å². The molecule has 0 spiro atoms. The summed E-state index contributed by atoms with van der Waals surface area (Å²) < 4.78 is 10.2. The van der Waals surface area contributed by atoms with Gasteiger partial charge in [-0.1, -0.05) is 23.2 Å². The molecule has 6 nitrogen and oxygen atoms in total. The standard InChI is InChI=1S/C12H16N4O2.ClH/c1-8-6-9(15-17-8)7-10-14-11(16-18-10)12(13)4-2-3-5-12;/h6H,2-5,7,13H2,1H3;1H. The molecule has 1 aliphatic rings. The molecule has 0 aliphatic heterocycles. The number of nitrogens with zero attached hydrogens (tertiary/aromatic N) is 3. The summed E-state index contributed by atoms with van der Waals surface area (Å²) in [4.78, 5) is 4.38. The van der Waals surface area contributed by atoms with Gasteiger partial charge in [-0.15, -0.1) is 12.4 Å². The summed E-state index contributed by atoms with van der Waals surface area (Å²) in [5, 5.41) is 7.90. The van der Waals surface area contributed by atoms with Crippen LogP contribution in [-0.2, 0) is 12.0 Å². The summed E-state index contributed by atoms with van der Waals surface area (Å²) in [5.74, 6) is 1.93. The van der Waals surface area contributed by atoms with Gasteiger partial charge in [0.05, 0.1) is 17.7 Å². The van der Waals surface area contributed by atoms with Crippen LogP contribution in [0.2, 0.25) is 0 Å². The van der Waals surface area contributed by atoms with Gasteiger partial charge < -0.3 is 14.8 Å². The van der Waals surface area contributed by atoms with Crippen molar-refractivity contribution in [2.24, 2.45) is 5.73 Å². The Morgan fingerprint density at radius 1 is 1.26 bits per heavy atom. The first kappa shape index (κ1) is 14.0. The van der Waals surface area contributed by atoms with Crippen molar-refractivity contribution in [3.63, 3.8) is 0 Å². The van der Waals surface area contributed by atoms with Crippen LogP contribution in [0, 0.1) is 6.92 Å². The molecule has 0 aromatic carbocycles. The molecule has 0 radical (unpaired) electrons. The molecule has 2 aromatic rings. The topological polar surface area (TPSA) is 91.0 Å². The molecule has 1 fully saturated rings. The minimum absolute atomic E-state index is 0. The van der Waals surface area contributed by atoms with E-state index in [4.69, 9.17) is 14.8 Å². The Hall–Kier alpha value is -1.40. The lowest BCUT2D eigenvalue weighted by Gasteiger charge is -2.17. The number of halogens is 1. The van der Waals surface area contributed by atoms with Gasteiger partial charge >= 0.3 is 0 Å². The lowest BCUT2D eigenvalue weighted by molar-refractivity contribution is 0.348. The van der Waals surface area contributed by atoms with Gasteiger partial charge in [0.25, 0.3) is 0 Å². The highest BCUT2D eigenvalue weighted by Gasteiger charge is 2.35. The third-order valence-corrected chi connectivity index (χ3v) is 3.42. The minimum atomic E-state index is -0.401. The molecular formula is C12H17ClN4O2. The molecule has 7 heteroatoms. The Morgan fingerprint density at radius 3 is 2.63 bits per heavy atom. The Morgan fingerprint density at radius 2 is 2.00 bits per heavy atom. The van der Waals surface area contributed by atoms with Crippen LogP contribution < -0.4 is 5.73 Å². The highest BCUT2D eigenvalue weighted by Crippen LogP contribution is 2.34. The van der Waals surface area contributed by atoms with Crippen molar-refractivity contribution in [1.29, 1.82) is 0 Å². The van der Waals surface area contributed by atoms with Crippen molar-refractivity contribution >= 4 is 12.4 Å². The number of aromatic nitrogens is 3. The first-order chi connectivity index (χ1) is 8.66. The predicted octanol–water partition coefficient (Wildman–Crippen LogP) is 2.11. The van der Waals surface area contributed by atoms with E-state index in [0.29, 0.717) is 18.1 Å². The largest absolute Gasteiger partial charge is 0.361 e. The second-order valence-electron chi connectivity index (χ2n) is 4.98. The van der Waals surface area contributed by atoms with Crippen LogP contribution in [0.4, 0.5) is 0 Å². The second kappa shape index (κ2) is 5.30. The molecule has 2 aromatic heterocycles. The van der Waals surface area contributed by atoms with E-state index in [1.807, 2.05) is 13.0 Å². The van der Waals surface area contributed by atoms with Crippen LogP contribution >= 0.6 is 12.4 Å². The lowest BCUT2D eigenvalue weighted by Crippen LogP contribution is -2.34. The van der Waals surface area contributed by atoms with E-state index >= 15 is 0 Å². The van der Waals surface area contributed by atoms with E-state index < -0.39 is 5.54 Å². The highest BCUT2D eigenvalue weighted by molar-refractivity contribution is 5.85. The van der Waals surface area contributed by atoms with Gasteiger partial charge in [-0.25, -0.2) is 0 Å². The Bertz CT molecular complexity index is 545. The predicted molar refractivity (Wildman–Crippen MR) is 69.9 cm³/mol. The Labute approximate surface area is 117 Å². The third kappa shape index (κ3) is 2.79. The van der Waals surface area contributed by atoms with Crippen molar-refractivity contribution < 1.29 is 9.05 Å². The zero-order chi connectivity index (χ0) is 12.6. The smallest absolute Gasteiger partial charge is 0.232 e. The summed E-state index contributed by atoms with van der Waals surface area (Å²) in [6.07, 6.45) is 4.59. The molecule has 0 unspecified atom stereocenters. The van der Waals surface area contributed by atoms with Crippen LogP contribution in [0.25, 0.3) is 0 Å². The first-order valence-corrected chi connectivity index (χ1v) is 6.20. The van der Waals surface area contributed by atoms with E-state index in [9.17, 15) is 0 Å². The van der Waals surface area contributed by atoms with Crippen molar-refractivity contribution in [3.8, 4) is 0 Å². The van der Waals surface area contributed by atoms with E-state index in [1.54, 1.807) is 0 Å². The van der Waals surface area contributed by atoms with Gasteiger partial charge in [0.1, 0.15) is 5.76 Å². The summed E-state index contributed by atoms with van der Waals surface area (Å²) in [6, 6.07) is 1.86. The SMILES string of the molecule is Cc1cc(Cc2nc(C3(N)CCCC3)no2)no1.Cl. The molecule has 3 rings (SSSR count). The van der Waals surface area contributed by atoms with Crippen LogP contribution in [0.1, 0.15) is 48.9 Å². The summed E-state index contributed by atoms with van der Waals surface area (Å²) in [5.41, 5.74) is 6.66. The van der Waals surface area contributed by atoms with Crippen molar-refractivity contribution in [1.82, 2.24) is 15.3 Å². The van der Waals surface area contributed by atoms with E-state index in [-0.39, 0.29) is 12.4 Å². The summed E-state index contributed by atoms with van der Waals surface area (Å²) in [6.45, 7) is 1.85. The van der Waals surface area contributed by atoms with E-state index in [0.717, 1.165) is 37.1 Å². The van der Waals surface area contributed by atoms with E-state index in [2.05, 4.69) is 15.3 Å². The van der Waals surface area contributed by atoms with Gasteiger partial charge in [0, 0.05) is 6.07 Å². The normalized spacial score (nSPS) is 17.4. The molecule has 1 aliphatic carbocycles. The molecule has 104 valence electrons. The quantitative estimate of drug-likeness (QED) is 0.928. The fourth-order valence-electron chi connectivity index (χ4n) is 2.41. The fraction of sp³-hybridized carbons (Fsp3) is 0.583. The average Bonchev–Trinajstić information content (AvgIpc) is 3.02. The molecule has 2 N–H and O–H groups in total. The van der Waals surface area contributed by atoms with Gasteiger partial charge in [-0.05, 0) is 19.8 Å². The number of nitrogens with two attached hydrogens (primary N) is 1. The summed E-state index contributed by atoms with van der Waals surface area (Å²) in [7, 11) is 0. The second-order valence-corrected chi connectivity index (χ2v) is 4.98. The van der Waals surface area contributed by atoms with Gasteiger partial charge in [0.2, 0.25) is 5.89 Å². The van der Waals surface area contributed by atoms with Gasteiger partial charge in [-0.3, -0.25) is 0 Å². The maximum atomic E-state index is 6.27. The molecule has 0 bridgehead atoms. The average molecular weight is 285 g/mol. The number of aryl methyl sites for hydroxylation is 1. The van der Waals surface area contributed by atoms with Crippen molar-refractivity contribution in [2.45, 2.75) is 44.6 Å². The Kier molecular flexibility index (Phi) is 3.91. The molecule has 19 heavy (non-hydrogen) atoms. The highest BCUT2D eigenvalue weighted by atomic mass is 35.5. The monoisotopic (exact) mass is 284 g/mol. The zero-order valence-corrected chi connectivity index (χ0v) is 11.6. The van der Waals surface area contributed by atoms with Gasteiger partial charge in [0.15, 0.2) is 5.82 Å². The maximum Gasteiger partial charge on any atom is 0.232 e. The van der Waals surface area contributed by atoms with Crippen LogP contribution in [0.3, 0.4) is 0 Å². The number of rotatable bonds is 3. The molecule has 0 atom stereocenters. The Balaban J connectivity index is 0.00000133. The molecular weight excluding hydrogens is 268 g/mol. The van der Waals surface area contributed by atoms with Crippen LogP contribution in [0.5, 0.6) is 0 Å². The number of hydrogen-bond donors (Lipinski definition) is 1. The van der Waals surface area contributed by atoms with Crippen LogP contribution in [0.15, 0.2) is 15.1 Å². The minimum Gasteiger partial charge on any atom is -0.361 e. The maximum absolute atomic E-state index is 6.27. The molecule has 1 saturated carbocycles. The lowest BCUT2D eigenvalue weighted by atomic mass is 9.99. The molecule has 0 saturated heterocycles. The van der Waals surface area contributed by atoms with Gasteiger partial charge in [-0.2, -0.15) is 4.98 Å². The van der Waals surface area contributed by atoms with E-state index in [1.165, 1.54) is 0 Å². The first-order valence-electron chi connectivity index (χ1n) is 6.20. The summed E-state index contributed by atoms with van der Waals surface area (Å²) >= 11 is 0. The molecule has 2 heterocycles. The molecule has 0 amide bonds. The fourth-order valence-corrected chi connectivity index (χ4v) is 2.41. The van der Waals surface area contributed by atoms with Crippen LogP contribution in [-0.4, -0.2) is 15.3 Å². The zero-order valence-electron chi connectivity index (χ0n) is 10.8. The number of hydrogen-bond acceptors (Lipinski definition) is 6. The van der Waals surface area contributed by atoms with Crippen molar-refractivity contribution in [2.75, 3.05) is 0 Å². The third-order valence-electron chi connectivity index (χ3n) is 3.42.